The van der Waals surface area contributed by atoms with E-state index < -0.39 is 6.04 Å². The Morgan fingerprint density at radius 1 is 1.36 bits per heavy atom. The first-order valence-corrected chi connectivity index (χ1v) is 8.53. The summed E-state index contributed by atoms with van der Waals surface area (Å²) in [5.41, 5.74) is 0.375. The van der Waals surface area contributed by atoms with Crippen molar-refractivity contribution in [1.82, 2.24) is 15.1 Å². The van der Waals surface area contributed by atoms with Gasteiger partial charge in [0.25, 0.3) is 5.91 Å². The van der Waals surface area contributed by atoms with Crippen LogP contribution in [0, 0.1) is 0 Å². The number of amides is 3. The van der Waals surface area contributed by atoms with Crippen molar-refractivity contribution >= 4 is 17.7 Å². The molecule has 1 fully saturated rings. The molecule has 2 atom stereocenters. The second-order valence-electron chi connectivity index (χ2n) is 5.97. The zero-order chi connectivity index (χ0) is 18.4. The van der Waals surface area contributed by atoms with Crippen molar-refractivity contribution in [2.75, 3.05) is 26.2 Å². The lowest BCUT2D eigenvalue weighted by atomic mass is 10.1. The molecule has 0 saturated carbocycles. The summed E-state index contributed by atoms with van der Waals surface area (Å²) in [7, 11) is 0. The van der Waals surface area contributed by atoms with Gasteiger partial charge >= 0.3 is 0 Å². The molecule has 1 saturated heterocycles. The maximum absolute atomic E-state index is 12.8. The van der Waals surface area contributed by atoms with Gasteiger partial charge in [-0.05, 0) is 26.3 Å². The predicted molar refractivity (Wildman–Crippen MR) is 89.7 cm³/mol. The molecule has 0 aromatic carbocycles. The van der Waals surface area contributed by atoms with Gasteiger partial charge in [0.15, 0.2) is 0 Å². The van der Waals surface area contributed by atoms with Gasteiger partial charge in [-0.25, -0.2) is 0 Å². The molecule has 1 aliphatic heterocycles. The van der Waals surface area contributed by atoms with Gasteiger partial charge in [0.2, 0.25) is 11.8 Å². The summed E-state index contributed by atoms with van der Waals surface area (Å²) < 4.78 is 4.96. The maximum Gasteiger partial charge on any atom is 0.257 e. The molecular weight excluding hydrogens is 326 g/mol. The third-order valence-electron chi connectivity index (χ3n) is 4.39. The summed E-state index contributed by atoms with van der Waals surface area (Å²) in [4.78, 5) is 40.4. The Balaban J connectivity index is 2.18. The van der Waals surface area contributed by atoms with E-state index in [2.05, 4.69) is 5.32 Å². The molecule has 0 bridgehead atoms. The Morgan fingerprint density at radius 3 is 2.64 bits per heavy atom. The number of aliphatic hydroxyl groups excluding tert-OH is 1. The molecule has 25 heavy (non-hydrogen) atoms. The van der Waals surface area contributed by atoms with Gasteiger partial charge in [-0.1, -0.05) is 0 Å². The van der Waals surface area contributed by atoms with Gasteiger partial charge < -0.3 is 24.6 Å². The fraction of sp³-hybridized carbons (Fsp3) is 0.588. The predicted octanol–water partition coefficient (Wildman–Crippen LogP) is 0.230. The Labute approximate surface area is 146 Å². The van der Waals surface area contributed by atoms with Crippen LogP contribution in [0.25, 0.3) is 0 Å². The highest BCUT2D eigenvalue weighted by molar-refractivity contribution is 5.98. The maximum atomic E-state index is 12.8. The normalized spacial score (nSPS) is 19.7. The highest BCUT2D eigenvalue weighted by atomic mass is 16.3. The second kappa shape index (κ2) is 8.66. The first-order valence-electron chi connectivity index (χ1n) is 8.53. The van der Waals surface area contributed by atoms with E-state index in [1.54, 1.807) is 11.0 Å². The summed E-state index contributed by atoms with van der Waals surface area (Å²) in [6.45, 7) is 4.90. The highest BCUT2D eigenvalue weighted by Gasteiger charge is 2.41. The van der Waals surface area contributed by atoms with Crippen molar-refractivity contribution in [2.45, 2.75) is 38.8 Å². The number of nitrogens with zero attached hydrogens (tertiary/aromatic N) is 2. The smallest absolute Gasteiger partial charge is 0.257 e. The Morgan fingerprint density at radius 2 is 2.08 bits per heavy atom. The second-order valence-corrected chi connectivity index (χ2v) is 5.97. The summed E-state index contributed by atoms with van der Waals surface area (Å²) in [6.07, 6.45) is 3.11. The molecule has 2 rings (SSSR count). The number of likely N-dealkylation sites (tertiary alicyclic amines) is 1. The lowest BCUT2D eigenvalue weighted by Crippen LogP contribution is -2.47. The van der Waals surface area contributed by atoms with Gasteiger partial charge in [-0.3, -0.25) is 14.4 Å². The van der Waals surface area contributed by atoms with Crippen molar-refractivity contribution in [2.24, 2.45) is 0 Å². The minimum absolute atomic E-state index is 0.000828. The molecule has 0 unspecified atom stereocenters. The SMILES string of the molecule is CCN(CC)C(=O)[C@@H]1C[C@@H](NC(=O)CCO)CN1C(=O)c1ccoc1. The molecule has 3 amide bonds. The number of likely N-dealkylation sites (N-methyl/N-ethyl adjacent to an activating group) is 1. The number of nitrogens with one attached hydrogen (secondary N) is 1. The van der Waals surface area contributed by atoms with Crippen molar-refractivity contribution < 1.29 is 23.9 Å². The van der Waals surface area contributed by atoms with E-state index in [1.807, 2.05) is 13.8 Å². The van der Waals surface area contributed by atoms with Crippen LogP contribution in [-0.2, 0) is 9.59 Å². The number of furan rings is 1. The van der Waals surface area contributed by atoms with E-state index in [1.165, 1.54) is 17.4 Å². The van der Waals surface area contributed by atoms with Crippen LogP contribution < -0.4 is 5.32 Å². The van der Waals surface area contributed by atoms with Crippen molar-refractivity contribution in [1.29, 1.82) is 0 Å². The van der Waals surface area contributed by atoms with Crippen LogP contribution in [0.15, 0.2) is 23.0 Å². The summed E-state index contributed by atoms with van der Waals surface area (Å²) in [5.74, 6) is -0.710. The van der Waals surface area contributed by atoms with E-state index in [9.17, 15) is 14.4 Å². The number of rotatable bonds is 7. The number of carbonyl (C=O) groups is 3. The first-order chi connectivity index (χ1) is 12.0. The highest BCUT2D eigenvalue weighted by Crippen LogP contribution is 2.23. The zero-order valence-corrected chi connectivity index (χ0v) is 14.6. The van der Waals surface area contributed by atoms with Crippen LogP contribution in [0.2, 0.25) is 0 Å². The standard InChI is InChI=1S/C17H25N3O5/c1-3-19(4-2)17(24)14-9-13(18-15(22)5-7-21)10-20(14)16(23)12-6-8-25-11-12/h6,8,11,13-14,21H,3-5,7,9-10H2,1-2H3,(H,18,22)/t13-,14+/m1/s1. The average molecular weight is 351 g/mol. The molecule has 0 aliphatic carbocycles. The molecule has 2 N–H and O–H groups in total. The van der Waals surface area contributed by atoms with E-state index >= 15 is 0 Å². The summed E-state index contributed by atoms with van der Waals surface area (Å²) in [5, 5.41) is 11.6. The minimum atomic E-state index is -0.623. The lowest BCUT2D eigenvalue weighted by molar-refractivity contribution is -0.135. The molecule has 0 radical (unpaired) electrons. The van der Waals surface area contributed by atoms with E-state index in [4.69, 9.17) is 9.52 Å². The van der Waals surface area contributed by atoms with Crippen LogP contribution in [0.3, 0.4) is 0 Å². The molecule has 138 valence electrons. The first kappa shape index (κ1) is 19.0. The fourth-order valence-electron chi connectivity index (χ4n) is 3.10. The quantitative estimate of drug-likeness (QED) is 0.732. The molecule has 2 heterocycles. The topological polar surface area (TPSA) is 103 Å². The number of aliphatic hydroxyl groups is 1. The van der Waals surface area contributed by atoms with E-state index in [-0.39, 0.29) is 43.3 Å². The zero-order valence-electron chi connectivity index (χ0n) is 14.6. The summed E-state index contributed by atoms with van der Waals surface area (Å²) >= 11 is 0. The van der Waals surface area contributed by atoms with Gasteiger partial charge in [0.1, 0.15) is 12.3 Å². The van der Waals surface area contributed by atoms with Gasteiger partial charge in [-0.15, -0.1) is 0 Å². The Hall–Kier alpha value is -2.35. The molecule has 1 aliphatic rings. The monoisotopic (exact) mass is 351 g/mol. The van der Waals surface area contributed by atoms with Crippen molar-refractivity contribution in [3.05, 3.63) is 24.2 Å². The minimum Gasteiger partial charge on any atom is -0.472 e. The van der Waals surface area contributed by atoms with Gasteiger partial charge in [0.05, 0.1) is 18.4 Å². The molecule has 8 heteroatoms. The molecular formula is C17H25N3O5. The van der Waals surface area contributed by atoms with E-state index in [0.29, 0.717) is 25.1 Å². The van der Waals surface area contributed by atoms with Gasteiger partial charge in [-0.2, -0.15) is 0 Å². The Bertz CT molecular complexity index is 597. The van der Waals surface area contributed by atoms with Crippen LogP contribution in [-0.4, -0.2) is 71.0 Å². The number of hydrogen-bond acceptors (Lipinski definition) is 5. The van der Waals surface area contributed by atoms with Crippen LogP contribution in [0.4, 0.5) is 0 Å². The third kappa shape index (κ3) is 4.39. The number of hydrogen-bond donors (Lipinski definition) is 2. The van der Waals surface area contributed by atoms with Crippen LogP contribution >= 0.6 is 0 Å². The van der Waals surface area contributed by atoms with Gasteiger partial charge in [0, 0.05) is 32.1 Å². The molecule has 1 aromatic heterocycles. The van der Waals surface area contributed by atoms with Crippen LogP contribution in [0.1, 0.15) is 37.0 Å². The van der Waals surface area contributed by atoms with Crippen molar-refractivity contribution in [3.63, 3.8) is 0 Å². The molecule has 0 spiro atoms. The lowest BCUT2D eigenvalue weighted by Gasteiger charge is -2.28. The summed E-state index contributed by atoms with van der Waals surface area (Å²) in [6, 6.07) is 0.611. The van der Waals surface area contributed by atoms with E-state index in [0.717, 1.165) is 0 Å². The van der Waals surface area contributed by atoms with Crippen LogP contribution in [0.5, 0.6) is 0 Å². The molecule has 1 aromatic rings. The fourth-order valence-corrected chi connectivity index (χ4v) is 3.10. The Kier molecular flexibility index (Phi) is 6.58. The molecule has 8 nitrogen and oxygen atoms in total. The third-order valence-corrected chi connectivity index (χ3v) is 4.39. The average Bonchev–Trinajstić information content (AvgIpc) is 3.25. The number of carbonyl (C=O) groups excluding carboxylic acids is 3. The van der Waals surface area contributed by atoms with Crippen molar-refractivity contribution in [3.8, 4) is 0 Å². The largest absolute Gasteiger partial charge is 0.472 e.